The molecular formula is C14H24N2S. The first kappa shape index (κ1) is 13.0. The fourth-order valence-corrected chi connectivity index (χ4v) is 3.36. The second-order valence-corrected chi connectivity index (χ2v) is 6.59. The van der Waals surface area contributed by atoms with E-state index in [2.05, 4.69) is 38.4 Å². The van der Waals surface area contributed by atoms with Crippen LogP contribution in [0.25, 0.3) is 0 Å². The van der Waals surface area contributed by atoms with E-state index < -0.39 is 0 Å². The van der Waals surface area contributed by atoms with E-state index in [4.69, 9.17) is 4.98 Å². The zero-order valence-corrected chi connectivity index (χ0v) is 12.2. The molecule has 0 saturated heterocycles. The molecule has 17 heavy (non-hydrogen) atoms. The normalized spacial score (nSPS) is 19.6. The van der Waals surface area contributed by atoms with E-state index in [-0.39, 0.29) is 5.54 Å². The maximum Gasteiger partial charge on any atom is 0.113 e. The Morgan fingerprint density at radius 1 is 1.53 bits per heavy atom. The first-order chi connectivity index (χ1) is 8.05. The lowest BCUT2D eigenvalue weighted by Crippen LogP contribution is -2.40. The lowest BCUT2D eigenvalue weighted by Gasteiger charge is -2.28. The Labute approximate surface area is 109 Å². The second-order valence-electron chi connectivity index (χ2n) is 5.73. The van der Waals surface area contributed by atoms with E-state index in [1.54, 1.807) is 0 Å². The van der Waals surface area contributed by atoms with Gasteiger partial charge in [-0.15, -0.1) is 11.3 Å². The minimum atomic E-state index is 0.0910. The Hall–Kier alpha value is -0.410. The molecular weight excluding hydrogens is 228 g/mol. The zero-order valence-electron chi connectivity index (χ0n) is 11.4. The summed E-state index contributed by atoms with van der Waals surface area (Å²) >= 11 is 1.82. The van der Waals surface area contributed by atoms with E-state index in [1.807, 2.05) is 11.3 Å². The molecule has 0 bridgehead atoms. The highest BCUT2D eigenvalue weighted by Gasteiger charge is 2.35. The van der Waals surface area contributed by atoms with Crippen molar-refractivity contribution in [2.75, 3.05) is 0 Å². The van der Waals surface area contributed by atoms with Crippen LogP contribution in [-0.2, 0) is 5.54 Å². The van der Waals surface area contributed by atoms with E-state index in [9.17, 15) is 0 Å². The number of hydrogen-bond acceptors (Lipinski definition) is 3. The highest BCUT2D eigenvalue weighted by Crippen LogP contribution is 2.34. The van der Waals surface area contributed by atoms with Crippen molar-refractivity contribution < 1.29 is 0 Å². The Morgan fingerprint density at radius 3 is 2.71 bits per heavy atom. The van der Waals surface area contributed by atoms with Gasteiger partial charge in [-0.1, -0.05) is 27.2 Å². The summed E-state index contributed by atoms with van der Waals surface area (Å²) in [5.41, 5.74) is 1.33. The van der Waals surface area contributed by atoms with Crippen LogP contribution in [0.4, 0.5) is 0 Å². The van der Waals surface area contributed by atoms with Gasteiger partial charge in [0.1, 0.15) is 5.01 Å². The number of rotatable bonds is 6. The fraction of sp³-hybridized carbons (Fsp3) is 0.786. The summed E-state index contributed by atoms with van der Waals surface area (Å²) in [4.78, 5) is 4.84. The minimum absolute atomic E-state index is 0.0910. The average molecular weight is 252 g/mol. The van der Waals surface area contributed by atoms with Crippen molar-refractivity contribution in [2.45, 2.75) is 70.9 Å². The number of hydrogen-bond donors (Lipinski definition) is 1. The molecule has 1 N–H and O–H groups in total. The molecule has 1 aromatic heterocycles. The summed E-state index contributed by atoms with van der Waals surface area (Å²) in [5.74, 6) is 0.534. The van der Waals surface area contributed by atoms with Gasteiger partial charge in [0.25, 0.3) is 0 Å². The Bertz CT molecular complexity index is 368. The molecule has 3 heteroatoms. The fourth-order valence-electron chi connectivity index (χ4n) is 2.22. The molecule has 1 aliphatic carbocycles. The van der Waals surface area contributed by atoms with Crippen LogP contribution in [-0.4, -0.2) is 11.0 Å². The van der Waals surface area contributed by atoms with Crippen molar-refractivity contribution in [1.29, 1.82) is 0 Å². The topological polar surface area (TPSA) is 24.9 Å². The summed E-state index contributed by atoms with van der Waals surface area (Å²) in [6.45, 7) is 9.00. The van der Waals surface area contributed by atoms with Crippen LogP contribution in [0, 0.1) is 0 Å². The highest BCUT2D eigenvalue weighted by molar-refractivity contribution is 7.09. The smallest absolute Gasteiger partial charge is 0.113 e. The zero-order chi connectivity index (χ0) is 12.5. The maximum atomic E-state index is 4.84. The van der Waals surface area contributed by atoms with Gasteiger partial charge in [0.15, 0.2) is 0 Å². The van der Waals surface area contributed by atoms with Crippen molar-refractivity contribution >= 4 is 11.3 Å². The Kier molecular flexibility index (Phi) is 3.88. The van der Waals surface area contributed by atoms with Gasteiger partial charge < -0.3 is 5.32 Å². The van der Waals surface area contributed by atoms with Crippen LogP contribution in [0.5, 0.6) is 0 Å². The summed E-state index contributed by atoms with van der Waals surface area (Å²) in [6, 6.07) is 0.734. The van der Waals surface area contributed by atoms with Gasteiger partial charge in [-0.05, 0) is 32.1 Å². The summed E-state index contributed by atoms with van der Waals surface area (Å²) in [7, 11) is 0. The lowest BCUT2D eigenvalue weighted by molar-refractivity contribution is 0.331. The molecule has 96 valence electrons. The molecule has 1 aliphatic rings. The number of aromatic nitrogens is 1. The third-order valence-corrected chi connectivity index (χ3v) is 4.56. The number of thiazole rings is 1. The van der Waals surface area contributed by atoms with Crippen LogP contribution < -0.4 is 5.32 Å². The predicted molar refractivity (Wildman–Crippen MR) is 74.6 cm³/mol. The molecule has 2 rings (SSSR count). The van der Waals surface area contributed by atoms with Gasteiger partial charge in [-0.25, -0.2) is 4.98 Å². The van der Waals surface area contributed by atoms with E-state index in [0.717, 1.165) is 6.04 Å². The van der Waals surface area contributed by atoms with Crippen LogP contribution >= 0.6 is 11.3 Å². The standard InChI is InChI=1S/C14H24N2S/c1-5-8-14(4,16-11-6-7-11)13-15-12(9-17-13)10(2)3/h9-11,16H,5-8H2,1-4H3. The maximum absolute atomic E-state index is 4.84. The molecule has 2 nitrogen and oxygen atoms in total. The number of nitrogens with zero attached hydrogens (tertiary/aromatic N) is 1. The molecule has 0 radical (unpaired) electrons. The van der Waals surface area contributed by atoms with Crippen molar-refractivity contribution in [3.63, 3.8) is 0 Å². The Morgan fingerprint density at radius 2 is 2.24 bits per heavy atom. The molecule has 0 amide bonds. The van der Waals surface area contributed by atoms with Crippen molar-refractivity contribution in [1.82, 2.24) is 10.3 Å². The predicted octanol–water partition coefficient (Wildman–Crippen LogP) is 4.03. The van der Waals surface area contributed by atoms with Gasteiger partial charge in [0.2, 0.25) is 0 Å². The minimum Gasteiger partial charge on any atom is -0.303 e. The largest absolute Gasteiger partial charge is 0.303 e. The van der Waals surface area contributed by atoms with Crippen LogP contribution in [0.2, 0.25) is 0 Å². The van der Waals surface area contributed by atoms with Crippen LogP contribution in [0.1, 0.15) is 70.0 Å². The first-order valence-electron chi connectivity index (χ1n) is 6.78. The molecule has 0 aromatic carbocycles. The average Bonchev–Trinajstić information content (AvgIpc) is 2.92. The van der Waals surface area contributed by atoms with Gasteiger partial charge in [0, 0.05) is 11.4 Å². The van der Waals surface area contributed by atoms with Crippen LogP contribution in [0.3, 0.4) is 0 Å². The van der Waals surface area contributed by atoms with Crippen molar-refractivity contribution in [3.8, 4) is 0 Å². The molecule has 1 aromatic rings. The molecule has 0 aliphatic heterocycles. The van der Waals surface area contributed by atoms with Crippen molar-refractivity contribution in [2.24, 2.45) is 0 Å². The summed E-state index contributed by atoms with van der Waals surface area (Å²) in [5, 5.41) is 7.28. The van der Waals surface area contributed by atoms with Gasteiger partial charge in [-0.2, -0.15) is 0 Å². The van der Waals surface area contributed by atoms with Crippen LogP contribution in [0.15, 0.2) is 5.38 Å². The van der Waals surface area contributed by atoms with E-state index in [0.29, 0.717) is 5.92 Å². The molecule has 1 fully saturated rings. The monoisotopic (exact) mass is 252 g/mol. The second kappa shape index (κ2) is 5.07. The van der Waals surface area contributed by atoms with E-state index in [1.165, 1.54) is 36.4 Å². The highest BCUT2D eigenvalue weighted by atomic mass is 32.1. The molecule has 1 atom stereocenters. The third-order valence-electron chi connectivity index (χ3n) is 3.44. The lowest BCUT2D eigenvalue weighted by atomic mass is 9.96. The summed E-state index contributed by atoms with van der Waals surface area (Å²) < 4.78 is 0. The molecule has 1 saturated carbocycles. The summed E-state index contributed by atoms with van der Waals surface area (Å²) in [6.07, 6.45) is 5.05. The molecule has 1 heterocycles. The van der Waals surface area contributed by atoms with Crippen molar-refractivity contribution in [3.05, 3.63) is 16.1 Å². The SMILES string of the molecule is CCCC(C)(NC1CC1)c1nc(C(C)C)cs1. The van der Waals surface area contributed by atoms with Gasteiger partial charge in [-0.3, -0.25) is 0 Å². The third kappa shape index (κ3) is 3.08. The molecule has 1 unspecified atom stereocenters. The Balaban J connectivity index is 2.17. The quantitative estimate of drug-likeness (QED) is 0.826. The number of nitrogens with one attached hydrogen (secondary N) is 1. The first-order valence-corrected chi connectivity index (χ1v) is 7.66. The van der Waals surface area contributed by atoms with Gasteiger partial charge in [0.05, 0.1) is 11.2 Å². The van der Waals surface area contributed by atoms with E-state index >= 15 is 0 Å². The van der Waals surface area contributed by atoms with Gasteiger partial charge >= 0.3 is 0 Å². The molecule has 0 spiro atoms.